The molecule has 4 nitrogen and oxygen atoms in total. The van der Waals surface area contributed by atoms with Gasteiger partial charge < -0.3 is 10.0 Å². The van der Waals surface area contributed by atoms with Crippen LogP contribution < -0.4 is 0 Å². The van der Waals surface area contributed by atoms with Gasteiger partial charge in [-0.1, -0.05) is 60.7 Å². The number of aromatic nitrogens is 1. The van der Waals surface area contributed by atoms with Crippen molar-refractivity contribution in [3.8, 4) is 10.6 Å². The molecule has 0 unspecified atom stereocenters. The number of rotatable bonds is 6. The molecule has 0 bridgehead atoms. The zero-order valence-corrected chi connectivity index (χ0v) is 14.9. The lowest BCUT2D eigenvalue weighted by atomic mass is 10.2. The van der Waals surface area contributed by atoms with Crippen LogP contribution in [0.1, 0.15) is 20.9 Å². The van der Waals surface area contributed by atoms with Crippen molar-refractivity contribution < 1.29 is 9.90 Å². The third kappa shape index (κ3) is 4.13. The summed E-state index contributed by atoms with van der Waals surface area (Å²) in [7, 11) is 0. The van der Waals surface area contributed by atoms with Crippen molar-refractivity contribution in [3.05, 3.63) is 76.8 Å². The fourth-order valence-corrected chi connectivity index (χ4v) is 3.66. The zero-order chi connectivity index (χ0) is 17.6. The Kier molecular flexibility index (Phi) is 5.58. The highest BCUT2D eigenvalue weighted by atomic mass is 32.1. The van der Waals surface area contributed by atoms with Crippen molar-refractivity contribution in [3.63, 3.8) is 0 Å². The summed E-state index contributed by atoms with van der Waals surface area (Å²) in [6.07, 6.45) is 0. The van der Waals surface area contributed by atoms with E-state index in [0.29, 0.717) is 18.0 Å². The minimum atomic E-state index is -0.0879. The third-order valence-corrected chi connectivity index (χ3v) is 5.08. The summed E-state index contributed by atoms with van der Waals surface area (Å²) in [6.45, 7) is 2.56. The van der Waals surface area contributed by atoms with E-state index in [0.717, 1.165) is 21.8 Å². The van der Waals surface area contributed by atoms with Crippen molar-refractivity contribution >= 4 is 17.2 Å². The molecule has 1 N–H and O–H groups in total. The molecular formula is C20H20N2O2S. The summed E-state index contributed by atoms with van der Waals surface area (Å²) in [6, 6.07) is 19.6. The summed E-state index contributed by atoms with van der Waals surface area (Å²) in [5.41, 5.74) is 2.77. The lowest BCUT2D eigenvalue weighted by Crippen LogP contribution is -2.33. The Balaban J connectivity index is 1.86. The lowest BCUT2D eigenvalue weighted by molar-refractivity contribution is 0.0711. The number of benzene rings is 2. The van der Waals surface area contributed by atoms with Crippen molar-refractivity contribution in [1.29, 1.82) is 0 Å². The first-order valence-electron chi connectivity index (χ1n) is 8.16. The van der Waals surface area contributed by atoms with Gasteiger partial charge in [0.15, 0.2) is 0 Å². The molecule has 3 rings (SSSR count). The number of aliphatic hydroxyl groups excluding tert-OH is 1. The molecule has 0 radical (unpaired) electrons. The number of aliphatic hydroxyl groups is 1. The summed E-state index contributed by atoms with van der Waals surface area (Å²) in [5, 5.41) is 10.2. The van der Waals surface area contributed by atoms with Gasteiger partial charge >= 0.3 is 0 Å². The number of carbonyl (C=O) groups excluding carboxylic acids is 1. The van der Waals surface area contributed by atoms with Crippen LogP contribution in [0, 0.1) is 6.92 Å². The van der Waals surface area contributed by atoms with Gasteiger partial charge in [-0.05, 0) is 12.5 Å². The molecule has 128 valence electrons. The standard InChI is InChI=1S/C20H20N2O2S/c1-15-18(25-19(21-15)17-10-6-3-7-11-17)20(24)22(12-13-23)14-16-8-4-2-5-9-16/h2-11,23H,12-14H2,1H3. The molecule has 2 aromatic carbocycles. The molecule has 3 aromatic rings. The van der Waals surface area contributed by atoms with Gasteiger partial charge in [-0.3, -0.25) is 4.79 Å². The van der Waals surface area contributed by atoms with E-state index in [4.69, 9.17) is 0 Å². The number of hydrogen-bond acceptors (Lipinski definition) is 4. The van der Waals surface area contributed by atoms with Crippen LogP contribution in [0.25, 0.3) is 10.6 Å². The van der Waals surface area contributed by atoms with E-state index in [-0.39, 0.29) is 12.5 Å². The first-order valence-corrected chi connectivity index (χ1v) is 8.97. The second-order valence-electron chi connectivity index (χ2n) is 5.74. The fraction of sp³-hybridized carbons (Fsp3) is 0.200. The van der Waals surface area contributed by atoms with Crippen LogP contribution in [0.3, 0.4) is 0 Å². The minimum absolute atomic E-state index is 0.0675. The Hall–Kier alpha value is -2.50. The molecule has 0 aliphatic carbocycles. The Morgan fingerprint density at radius 3 is 2.36 bits per heavy atom. The maximum absolute atomic E-state index is 13.0. The van der Waals surface area contributed by atoms with E-state index in [2.05, 4.69) is 4.98 Å². The third-order valence-electron chi connectivity index (χ3n) is 3.88. The first-order chi connectivity index (χ1) is 12.2. The summed E-state index contributed by atoms with van der Waals surface area (Å²) < 4.78 is 0. The van der Waals surface area contributed by atoms with Gasteiger partial charge in [0.1, 0.15) is 9.88 Å². The molecule has 1 aromatic heterocycles. The second kappa shape index (κ2) is 8.05. The maximum atomic E-state index is 13.0. The molecule has 0 aliphatic heterocycles. The number of amides is 1. The first kappa shape index (κ1) is 17.3. The van der Waals surface area contributed by atoms with Gasteiger partial charge in [-0.25, -0.2) is 4.98 Å². The molecule has 0 atom stereocenters. The Labute approximate surface area is 151 Å². The van der Waals surface area contributed by atoms with Crippen LogP contribution in [0.4, 0.5) is 0 Å². The van der Waals surface area contributed by atoms with Crippen molar-refractivity contribution in [2.75, 3.05) is 13.2 Å². The van der Waals surface area contributed by atoms with Crippen molar-refractivity contribution in [2.24, 2.45) is 0 Å². The van der Waals surface area contributed by atoms with Gasteiger partial charge in [0.05, 0.1) is 12.3 Å². The molecule has 0 saturated carbocycles. The smallest absolute Gasteiger partial charge is 0.266 e. The van der Waals surface area contributed by atoms with Crippen LogP contribution in [0.2, 0.25) is 0 Å². The van der Waals surface area contributed by atoms with Crippen molar-refractivity contribution in [2.45, 2.75) is 13.5 Å². The Morgan fingerprint density at radius 1 is 1.08 bits per heavy atom. The Morgan fingerprint density at radius 2 is 1.72 bits per heavy atom. The Bertz CT molecular complexity index is 831. The SMILES string of the molecule is Cc1nc(-c2ccccc2)sc1C(=O)N(CCO)Cc1ccccc1. The predicted octanol–water partition coefficient (Wildman–Crippen LogP) is 3.75. The molecule has 0 fully saturated rings. The number of hydrogen-bond donors (Lipinski definition) is 1. The normalized spacial score (nSPS) is 10.6. The van der Waals surface area contributed by atoms with Gasteiger partial charge in [0.25, 0.3) is 5.91 Å². The molecule has 25 heavy (non-hydrogen) atoms. The maximum Gasteiger partial charge on any atom is 0.266 e. The number of carbonyl (C=O) groups is 1. The van der Waals surface area contributed by atoms with Crippen LogP contribution in [-0.2, 0) is 6.54 Å². The lowest BCUT2D eigenvalue weighted by Gasteiger charge is -2.21. The average molecular weight is 352 g/mol. The molecule has 5 heteroatoms. The van der Waals surface area contributed by atoms with E-state index in [1.807, 2.05) is 67.6 Å². The molecule has 0 saturated heterocycles. The predicted molar refractivity (Wildman–Crippen MR) is 101 cm³/mol. The van der Waals surface area contributed by atoms with Crippen LogP contribution in [0.15, 0.2) is 60.7 Å². The monoisotopic (exact) mass is 352 g/mol. The summed E-state index contributed by atoms with van der Waals surface area (Å²) >= 11 is 1.40. The molecule has 1 amide bonds. The largest absolute Gasteiger partial charge is 0.395 e. The number of aryl methyl sites for hydroxylation is 1. The fourth-order valence-electron chi connectivity index (χ4n) is 2.62. The van der Waals surface area contributed by atoms with E-state index in [9.17, 15) is 9.90 Å². The average Bonchev–Trinajstić information content (AvgIpc) is 3.04. The minimum Gasteiger partial charge on any atom is -0.395 e. The van der Waals surface area contributed by atoms with Gasteiger partial charge in [-0.2, -0.15) is 0 Å². The van der Waals surface area contributed by atoms with E-state index < -0.39 is 0 Å². The van der Waals surface area contributed by atoms with Crippen LogP contribution in [-0.4, -0.2) is 34.0 Å². The van der Waals surface area contributed by atoms with E-state index in [1.165, 1.54) is 11.3 Å². The van der Waals surface area contributed by atoms with E-state index >= 15 is 0 Å². The highest BCUT2D eigenvalue weighted by Gasteiger charge is 2.22. The zero-order valence-electron chi connectivity index (χ0n) is 14.1. The van der Waals surface area contributed by atoms with Crippen LogP contribution >= 0.6 is 11.3 Å². The number of thiazole rings is 1. The topological polar surface area (TPSA) is 53.4 Å². The van der Waals surface area contributed by atoms with Crippen LogP contribution in [0.5, 0.6) is 0 Å². The number of nitrogens with zero attached hydrogens (tertiary/aromatic N) is 2. The van der Waals surface area contributed by atoms with Gasteiger partial charge in [0, 0.05) is 18.7 Å². The summed E-state index contributed by atoms with van der Waals surface area (Å²) in [5.74, 6) is -0.0879. The van der Waals surface area contributed by atoms with Gasteiger partial charge in [-0.15, -0.1) is 11.3 Å². The second-order valence-corrected chi connectivity index (χ2v) is 6.73. The summed E-state index contributed by atoms with van der Waals surface area (Å²) in [4.78, 5) is 19.8. The highest BCUT2D eigenvalue weighted by Crippen LogP contribution is 2.29. The molecule has 0 aliphatic rings. The highest BCUT2D eigenvalue weighted by molar-refractivity contribution is 7.17. The van der Waals surface area contributed by atoms with E-state index in [1.54, 1.807) is 4.90 Å². The van der Waals surface area contributed by atoms with Crippen molar-refractivity contribution in [1.82, 2.24) is 9.88 Å². The van der Waals surface area contributed by atoms with Gasteiger partial charge in [0.2, 0.25) is 0 Å². The molecule has 0 spiro atoms. The molecular weight excluding hydrogens is 332 g/mol. The molecule has 1 heterocycles. The quantitative estimate of drug-likeness (QED) is 0.735.